The zero-order chi connectivity index (χ0) is 34.0. The van der Waals surface area contributed by atoms with Crippen molar-refractivity contribution in [2.24, 2.45) is 0 Å². The summed E-state index contributed by atoms with van der Waals surface area (Å²) in [6.45, 7) is 24.9. The molecule has 1 aromatic rings. The molecule has 13 nitrogen and oxygen atoms in total. The van der Waals surface area contributed by atoms with Gasteiger partial charge in [-0.05, 0) is 122 Å². The van der Waals surface area contributed by atoms with Crippen LogP contribution < -0.4 is 15.5 Å². The highest BCUT2D eigenvalue weighted by Gasteiger charge is 2.52. The Hall–Kier alpha value is -1.87. The van der Waals surface area contributed by atoms with Gasteiger partial charge in [-0.3, -0.25) is 0 Å². The molecule has 3 fully saturated rings. The zero-order valence-electron chi connectivity index (χ0n) is 29.8. The van der Waals surface area contributed by atoms with Crippen LogP contribution in [0.15, 0.2) is 0 Å². The van der Waals surface area contributed by atoms with Crippen molar-refractivity contribution in [3.8, 4) is 0 Å². The predicted octanol–water partition coefficient (Wildman–Crippen LogP) is 4.73. The van der Waals surface area contributed by atoms with Crippen LogP contribution in [0.1, 0.15) is 122 Å². The maximum atomic E-state index is 11.2. The van der Waals surface area contributed by atoms with Gasteiger partial charge in [-0.15, -0.1) is 0 Å². The van der Waals surface area contributed by atoms with Crippen LogP contribution in [0.25, 0.3) is 0 Å². The van der Waals surface area contributed by atoms with Crippen LogP contribution >= 0.6 is 0 Å². The second kappa shape index (κ2) is 12.0. The molecule has 0 unspecified atom stereocenters. The lowest BCUT2D eigenvalue weighted by atomic mass is 9.75. The van der Waals surface area contributed by atoms with Crippen LogP contribution in [0.5, 0.6) is 0 Å². The first-order valence-corrected chi connectivity index (χ1v) is 16.6. The van der Waals surface area contributed by atoms with E-state index in [4.69, 9.17) is 15.0 Å². The number of aromatic nitrogens is 3. The fourth-order valence-electron chi connectivity index (χ4n) is 8.80. The largest absolute Gasteiger partial charge is 0.395 e. The number of nitrogens with one attached hydrogen (secondary N) is 2. The van der Waals surface area contributed by atoms with E-state index in [0.29, 0.717) is 56.4 Å². The maximum Gasteiger partial charge on any atom is 0.232 e. The van der Waals surface area contributed by atoms with Crippen LogP contribution in [-0.4, -0.2) is 115 Å². The number of hydrogen-bond donors (Lipinski definition) is 6. The lowest BCUT2D eigenvalue weighted by molar-refractivity contribution is -0.251. The number of nitrogens with zero attached hydrogens (tertiary/aromatic N) is 7. The minimum absolute atomic E-state index is 0.00113. The molecule has 0 amide bonds. The second-order valence-corrected chi connectivity index (χ2v) is 17.5. The number of hydrogen-bond acceptors (Lipinski definition) is 13. The van der Waals surface area contributed by atoms with Crippen LogP contribution in [0.3, 0.4) is 0 Å². The van der Waals surface area contributed by atoms with Gasteiger partial charge in [0.15, 0.2) is 0 Å². The van der Waals surface area contributed by atoms with Crippen LogP contribution in [0.4, 0.5) is 17.8 Å². The fourth-order valence-corrected chi connectivity index (χ4v) is 8.80. The number of anilines is 3. The Morgan fingerprint density at radius 1 is 0.600 bits per heavy atom. The summed E-state index contributed by atoms with van der Waals surface area (Å²) in [4.78, 5) is 17.1. The van der Waals surface area contributed by atoms with Crippen molar-refractivity contribution in [3.05, 3.63) is 0 Å². The number of hydroxylamine groups is 6. The molecule has 0 aliphatic carbocycles. The van der Waals surface area contributed by atoms with Gasteiger partial charge in [0.05, 0.1) is 6.61 Å². The summed E-state index contributed by atoms with van der Waals surface area (Å²) < 4.78 is 0. The van der Waals surface area contributed by atoms with Gasteiger partial charge in [-0.1, -0.05) is 0 Å². The lowest BCUT2D eigenvalue weighted by Gasteiger charge is -2.58. The van der Waals surface area contributed by atoms with E-state index in [0.717, 1.165) is 0 Å². The Morgan fingerprint density at radius 3 is 1.33 bits per heavy atom. The highest BCUT2D eigenvalue weighted by molar-refractivity contribution is 5.47. The zero-order valence-corrected chi connectivity index (χ0v) is 29.8. The molecule has 3 aliphatic heterocycles. The molecule has 258 valence electrons. The molecule has 6 N–H and O–H groups in total. The summed E-state index contributed by atoms with van der Waals surface area (Å²) in [5.74, 6) is 1.33. The minimum atomic E-state index is -0.505. The van der Waals surface area contributed by atoms with Crippen LogP contribution in [0.2, 0.25) is 0 Å². The van der Waals surface area contributed by atoms with E-state index in [2.05, 4.69) is 70.9 Å². The molecule has 0 bridgehead atoms. The quantitative estimate of drug-likeness (QED) is 0.233. The van der Waals surface area contributed by atoms with Gasteiger partial charge in [-0.25, -0.2) is 0 Å². The predicted molar refractivity (Wildman–Crippen MR) is 176 cm³/mol. The van der Waals surface area contributed by atoms with E-state index < -0.39 is 33.2 Å². The molecule has 0 saturated carbocycles. The normalized spacial score (nSPS) is 27.3. The van der Waals surface area contributed by atoms with E-state index in [1.54, 1.807) is 0 Å². The fraction of sp³-hybridized carbons (Fsp3) is 0.906. The van der Waals surface area contributed by atoms with E-state index in [1.165, 1.54) is 15.2 Å². The van der Waals surface area contributed by atoms with Crippen molar-refractivity contribution >= 4 is 17.8 Å². The smallest absolute Gasteiger partial charge is 0.232 e. The molecule has 1 aromatic heterocycles. The molecular formula is C32H61N9O4. The standard InChI is InChI=1S/C32H61N9O4/c1-27(2)15-21(16-28(3,4)39(27)43)34-25-35-24(33-13-14-42)36-26(37-25)38(22-17-29(5,6)40(44)30(7,8)18-22)23-19-31(9,10)41(45)32(11,12)20-23/h21-23,42-45H,13-20H2,1-12H3,(H2,33,34,35,36,37). The van der Waals surface area contributed by atoms with Gasteiger partial charge in [-0.2, -0.15) is 30.1 Å². The molecule has 4 rings (SSSR count). The van der Waals surface area contributed by atoms with Gasteiger partial charge < -0.3 is 36.3 Å². The van der Waals surface area contributed by atoms with E-state index in [1.807, 2.05) is 27.7 Å². The van der Waals surface area contributed by atoms with Crippen molar-refractivity contribution in [3.63, 3.8) is 0 Å². The summed E-state index contributed by atoms with van der Waals surface area (Å²) in [6, 6.07) is -0.0351. The van der Waals surface area contributed by atoms with Crippen molar-refractivity contribution in [1.29, 1.82) is 0 Å². The average Bonchev–Trinajstić information content (AvgIpc) is 2.87. The first-order valence-electron chi connectivity index (χ1n) is 16.6. The SMILES string of the molecule is CC1(C)CC(Nc2nc(NCCO)nc(N(C3CC(C)(C)N(O)C(C)(C)C3)C3CC(C)(C)N(O)C(C)(C)C3)n2)CC(C)(C)N1O. The Balaban J connectivity index is 1.82. The molecule has 13 heteroatoms. The summed E-state index contributed by atoms with van der Waals surface area (Å²) in [5, 5.41) is 54.1. The summed E-state index contributed by atoms with van der Waals surface area (Å²) >= 11 is 0. The first kappa shape index (κ1) is 36.0. The highest BCUT2D eigenvalue weighted by atomic mass is 16.5. The molecule has 0 spiro atoms. The lowest BCUT2D eigenvalue weighted by Crippen LogP contribution is -2.67. The topological polar surface area (TPSA) is 157 Å². The summed E-state index contributed by atoms with van der Waals surface area (Å²) in [5.41, 5.74) is -2.93. The average molecular weight is 636 g/mol. The number of piperidine rings is 3. The molecule has 3 aliphatic rings. The van der Waals surface area contributed by atoms with Crippen molar-refractivity contribution < 1.29 is 20.7 Å². The second-order valence-electron chi connectivity index (χ2n) is 17.5. The van der Waals surface area contributed by atoms with Crippen molar-refractivity contribution in [2.45, 2.75) is 173 Å². The molecule has 3 saturated heterocycles. The number of aliphatic hydroxyl groups is 1. The summed E-state index contributed by atoms with van der Waals surface area (Å²) in [7, 11) is 0. The van der Waals surface area contributed by atoms with Gasteiger partial charge in [0.2, 0.25) is 17.8 Å². The minimum Gasteiger partial charge on any atom is -0.395 e. The third-order valence-corrected chi connectivity index (χ3v) is 10.2. The Morgan fingerprint density at radius 2 is 0.956 bits per heavy atom. The molecule has 0 radical (unpaired) electrons. The Bertz CT molecular complexity index is 1110. The summed E-state index contributed by atoms with van der Waals surface area (Å²) in [6.07, 6.45) is 4.09. The first-order chi connectivity index (χ1) is 20.4. The van der Waals surface area contributed by atoms with Gasteiger partial charge in [0.25, 0.3) is 0 Å². The molecule has 0 aromatic carbocycles. The van der Waals surface area contributed by atoms with E-state index in [9.17, 15) is 20.7 Å². The van der Waals surface area contributed by atoms with Crippen LogP contribution in [-0.2, 0) is 0 Å². The van der Waals surface area contributed by atoms with Gasteiger partial charge in [0.1, 0.15) is 0 Å². The van der Waals surface area contributed by atoms with Crippen LogP contribution in [0, 0.1) is 0 Å². The monoisotopic (exact) mass is 635 g/mol. The Kier molecular flexibility index (Phi) is 9.58. The van der Waals surface area contributed by atoms with E-state index in [-0.39, 0.29) is 31.3 Å². The molecule has 4 heterocycles. The van der Waals surface area contributed by atoms with Gasteiger partial charge in [0, 0.05) is 57.9 Å². The van der Waals surface area contributed by atoms with Crippen molar-refractivity contribution in [2.75, 3.05) is 28.7 Å². The third kappa shape index (κ3) is 7.34. The Labute approximate surface area is 270 Å². The number of rotatable bonds is 8. The molecular weight excluding hydrogens is 574 g/mol. The van der Waals surface area contributed by atoms with Crippen molar-refractivity contribution in [1.82, 2.24) is 30.1 Å². The highest BCUT2D eigenvalue weighted by Crippen LogP contribution is 2.45. The number of aliphatic hydroxyl groups excluding tert-OH is 1. The molecule has 0 atom stereocenters. The molecule has 45 heavy (non-hydrogen) atoms. The maximum absolute atomic E-state index is 11.2. The van der Waals surface area contributed by atoms with Gasteiger partial charge >= 0.3 is 0 Å². The van der Waals surface area contributed by atoms with E-state index >= 15 is 0 Å². The third-order valence-electron chi connectivity index (χ3n) is 10.2.